The van der Waals surface area contributed by atoms with Crippen LogP contribution in [0.2, 0.25) is 0 Å². The van der Waals surface area contributed by atoms with Gasteiger partial charge in [0.25, 0.3) is 0 Å². The summed E-state index contributed by atoms with van der Waals surface area (Å²) >= 11 is 0. The van der Waals surface area contributed by atoms with Crippen LogP contribution in [0.25, 0.3) is 0 Å². The highest BCUT2D eigenvalue weighted by Gasteiger charge is 2.38. The summed E-state index contributed by atoms with van der Waals surface area (Å²) in [5.74, 6) is -0.407. The molecule has 1 unspecified atom stereocenters. The molecule has 2 aliphatic heterocycles. The van der Waals surface area contributed by atoms with Crippen LogP contribution in [0.4, 0.5) is 15.3 Å². The summed E-state index contributed by atoms with van der Waals surface area (Å²) in [6.45, 7) is 6.69. The van der Waals surface area contributed by atoms with Gasteiger partial charge in [0.05, 0.1) is 32.7 Å². The molecule has 0 aromatic heterocycles. The molecular weight excluding hydrogens is 364 g/mol. The lowest BCUT2D eigenvalue weighted by Crippen LogP contribution is -2.37. The minimum atomic E-state index is -0.648. The van der Waals surface area contributed by atoms with Crippen molar-refractivity contribution in [2.24, 2.45) is 0 Å². The molecule has 1 saturated heterocycles. The van der Waals surface area contributed by atoms with Gasteiger partial charge in [0.15, 0.2) is 0 Å². The molecule has 0 bridgehead atoms. The van der Waals surface area contributed by atoms with E-state index >= 15 is 0 Å². The van der Waals surface area contributed by atoms with Gasteiger partial charge in [-0.25, -0.2) is 9.59 Å². The molecule has 2 heterocycles. The average Bonchev–Trinajstić information content (AvgIpc) is 2.98. The zero-order valence-electron chi connectivity index (χ0n) is 16.7. The molecule has 0 saturated carbocycles. The van der Waals surface area contributed by atoms with Crippen molar-refractivity contribution in [3.05, 3.63) is 29.3 Å². The van der Waals surface area contributed by atoms with Crippen molar-refractivity contribution in [1.82, 2.24) is 4.90 Å². The number of carbonyl (C=O) groups excluding carboxylic acids is 3. The van der Waals surface area contributed by atoms with Crippen LogP contribution in [-0.2, 0) is 25.5 Å². The Balaban J connectivity index is 1.89. The van der Waals surface area contributed by atoms with Crippen LogP contribution in [0.1, 0.15) is 50.8 Å². The Bertz CT molecular complexity index is 785. The first-order valence-corrected chi connectivity index (χ1v) is 9.33. The molecule has 0 radical (unpaired) electrons. The SMILES string of the molecule is COC(=O)CC1c2ccc(N3CCCOC3=O)cc2CN1C(=O)OC(C)(C)C. The topological polar surface area (TPSA) is 85.4 Å². The number of ether oxygens (including phenoxy) is 3. The summed E-state index contributed by atoms with van der Waals surface area (Å²) in [5, 5.41) is 0. The number of rotatable bonds is 3. The van der Waals surface area contributed by atoms with Gasteiger partial charge in [0.1, 0.15) is 5.60 Å². The molecule has 28 heavy (non-hydrogen) atoms. The second kappa shape index (κ2) is 7.69. The van der Waals surface area contributed by atoms with Crippen molar-refractivity contribution in [2.75, 3.05) is 25.2 Å². The van der Waals surface area contributed by atoms with E-state index in [-0.39, 0.29) is 12.5 Å². The van der Waals surface area contributed by atoms with Crippen molar-refractivity contribution < 1.29 is 28.6 Å². The molecule has 152 valence electrons. The zero-order valence-corrected chi connectivity index (χ0v) is 16.7. The first-order chi connectivity index (χ1) is 13.2. The van der Waals surface area contributed by atoms with Gasteiger partial charge in [0, 0.05) is 12.2 Å². The maximum atomic E-state index is 12.7. The van der Waals surface area contributed by atoms with Gasteiger partial charge in [-0.2, -0.15) is 0 Å². The smallest absolute Gasteiger partial charge is 0.414 e. The minimum absolute atomic E-state index is 0.0356. The molecular formula is C20H26N2O6. The quantitative estimate of drug-likeness (QED) is 0.581. The van der Waals surface area contributed by atoms with E-state index < -0.39 is 23.7 Å². The first kappa shape index (κ1) is 20.0. The Labute approximate surface area is 164 Å². The Morgan fingerprint density at radius 2 is 2.04 bits per heavy atom. The van der Waals surface area contributed by atoms with Gasteiger partial charge in [-0.1, -0.05) is 6.07 Å². The van der Waals surface area contributed by atoms with E-state index in [2.05, 4.69) is 0 Å². The number of carbonyl (C=O) groups is 3. The number of nitrogens with zero attached hydrogens (tertiary/aromatic N) is 2. The lowest BCUT2D eigenvalue weighted by atomic mass is 10.0. The van der Waals surface area contributed by atoms with Gasteiger partial charge in [-0.15, -0.1) is 0 Å². The predicted octanol–water partition coefficient (Wildman–Crippen LogP) is 3.39. The van der Waals surface area contributed by atoms with E-state index in [1.54, 1.807) is 25.7 Å². The van der Waals surface area contributed by atoms with Crippen LogP contribution in [0.3, 0.4) is 0 Å². The summed E-state index contributed by atoms with van der Waals surface area (Å²) in [4.78, 5) is 39.8. The van der Waals surface area contributed by atoms with Crippen LogP contribution >= 0.6 is 0 Å². The van der Waals surface area contributed by atoms with Crippen molar-refractivity contribution >= 4 is 23.8 Å². The Morgan fingerprint density at radius 1 is 1.29 bits per heavy atom. The second-order valence-corrected chi connectivity index (χ2v) is 7.91. The van der Waals surface area contributed by atoms with Crippen molar-refractivity contribution in [3.63, 3.8) is 0 Å². The largest absolute Gasteiger partial charge is 0.469 e. The van der Waals surface area contributed by atoms with Crippen LogP contribution < -0.4 is 4.90 Å². The number of anilines is 1. The number of hydrogen-bond acceptors (Lipinski definition) is 6. The Morgan fingerprint density at radius 3 is 2.68 bits per heavy atom. The molecule has 0 spiro atoms. The molecule has 1 atom stereocenters. The number of benzene rings is 1. The number of cyclic esters (lactones) is 1. The van der Waals surface area contributed by atoms with E-state index in [0.717, 1.165) is 17.5 Å². The Hall–Kier alpha value is -2.77. The molecule has 3 rings (SSSR count). The average molecular weight is 390 g/mol. The third-order valence-corrected chi connectivity index (χ3v) is 4.70. The molecule has 1 aromatic carbocycles. The highest BCUT2D eigenvalue weighted by atomic mass is 16.6. The molecule has 0 N–H and O–H groups in total. The molecule has 8 heteroatoms. The third-order valence-electron chi connectivity index (χ3n) is 4.70. The lowest BCUT2D eigenvalue weighted by Gasteiger charge is -2.28. The minimum Gasteiger partial charge on any atom is -0.469 e. The molecule has 2 aliphatic rings. The normalized spacial score (nSPS) is 19.1. The third kappa shape index (κ3) is 4.21. The van der Waals surface area contributed by atoms with Crippen molar-refractivity contribution in [1.29, 1.82) is 0 Å². The van der Waals surface area contributed by atoms with Crippen LogP contribution in [0.15, 0.2) is 18.2 Å². The summed E-state index contributed by atoms with van der Waals surface area (Å²) < 4.78 is 15.4. The van der Waals surface area contributed by atoms with Gasteiger partial charge < -0.3 is 14.2 Å². The summed E-state index contributed by atoms with van der Waals surface area (Å²) in [6, 6.07) is 5.06. The summed E-state index contributed by atoms with van der Waals surface area (Å²) in [6.07, 6.45) is -0.0677. The monoisotopic (exact) mass is 390 g/mol. The van der Waals surface area contributed by atoms with Gasteiger partial charge in [-0.3, -0.25) is 14.6 Å². The molecule has 1 aromatic rings. The van der Waals surface area contributed by atoms with E-state index in [1.807, 2.05) is 18.2 Å². The van der Waals surface area contributed by atoms with Crippen molar-refractivity contribution in [2.45, 2.75) is 51.8 Å². The summed E-state index contributed by atoms with van der Waals surface area (Å²) in [5.41, 5.74) is 1.79. The highest BCUT2D eigenvalue weighted by molar-refractivity contribution is 5.88. The fourth-order valence-corrected chi connectivity index (χ4v) is 3.44. The lowest BCUT2D eigenvalue weighted by molar-refractivity contribution is -0.141. The van der Waals surface area contributed by atoms with Gasteiger partial charge >= 0.3 is 18.2 Å². The number of esters is 1. The Kier molecular flexibility index (Phi) is 5.49. The maximum Gasteiger partial charge on any atom is 0.414 e. The van der Waals surface area contributed by atoms with Gasteiger partial charge in [0.2, 0.25) is 0 Å². The number of fused-ring (bicyclic) bond motifs is 1. The fourth-order valence-electron chi connectivity index (χ4n) is 3.44. The molecule has 8 nitrogen and oxygen atoms in total. The predicted molar refractivity (Wildman–Crippen MR) is 101 cm³/mol. The van der Waals surface area contributed by atoms with Crippen LogP contribution in [0, 0.1) is 0 Å². The highest BCUT2D eigenvalue weighted by Crippen LogP contribution is 2.39. The number of hydrogen-bond donors (Lipinski definition) is 0. The number of amides is 2. The van der Waals surface area contributed by atoms with Crippen molar-refractivity contribution in [3.8, 4) is 0 Å². The van der Waals surface area contributed by atoms with E-state index in [4.69, 9.17) is 14.2 Å². The van der Waals surface area contributed by atoms with E-state index in [9.17, 15) is 14.4 Å². The number of methoxy groups -OCH3 is 1. The second-order valence-electron chi connectivity index (χ2n) is 7.91. The van der Waals surface area contributed by atoms with Crippen LogP contribution in [0.5, 0.6) is 0 Å². The van der Waals surface area contributed by atoms with Gasteiger partial charge in [-0.05, 0) is 50.5 Å². The first-order valence-electron chi connectivity index (χ1n) is 9.33. The zero-order chi connectivity index (χ0) is 20.5. The molecule has 2 amide bonds. The maximum absolute atomic E-state index is 12.7. The molecule has 1 fully saturated rings. The van der Waals surface area contributed by atoms with Crippen LogP contribution in [-0.4, -0.2) is 48.9 Å². The van der Waals surface area contributed by atoms with E-state index in [0.29, 0.717) is 25.4 Å². The summed E-state index contributed by atoms with van der Waals surface area (Å²) in [7, 11) is 1.32. The molecule has 0 aliphatic carbocycles. The van der Waals surface area contributed by atoms with E-state index in [1.165, 1.54) is 12.0 Å². The fraction of sp³-hybridized carbons (Fsp3) is 0.550. The standard InChI is InChI=1S/C20H26N2O6/c1-20(2,3)28-19(25)22-12-13-10-14(21-8-5-9-27-18(21)24)6-7-15(13)16(22)11-17(23)26-4/h6-7,10,16H,5,8-9,11-12H2,1-4H3.